The Morgan fingerprint density at radius 1 is 1.12 bits per heavy atom. The minimum Gasteiger partial charge on any atom is -0.361 e. The Labute approximate surface area is 142 Å². The monoisotopic (exact) mass is 318 g/mol. The zero-order valence-electron chi connectivity index (χ0n) is 13.7. The van der Waals surface area contributed by atoms with Gasteiger partial charge in [-0.05, 0) is 48.4 Å². The van der Waals surface area contributed by atoms with Crippen molar-refractivity contribution >= 4 is 16.8 Å². The van der Waals surface area contributed by atoms with E-state index in [1.54, 1.807) is 0 Å². The van der Waals surface area contributed by atoms with Gasteiger partial charge in [0.2, 0.25) is 5.91 Å². The summed E-state index contributed by atoms with van der Waals surface area (Å²) in [7, 11) is 0. The van der Waals surface area contributed by atoms with E-state index in [1.165, 1.54) is 22.1 Å². The highest BCUT2D eigenvalue weighted by Crippen LogP contribution is 2.29. The van der Waals surface area contributed by atoms with Crippen molar-refractivity contribution in [3.05, 3.63) is 71.4 Å². The van der Waals surface area contributed by atoms with Crippen molar-refractivity contribution in [1.82, 2.24) is 10.3 Å². The molecule has 3 nitrogen and oxygen atoms in total. The number of hydrogen-bond acceptors (Lipinski definition) is 1. The third kappa shape index (κ3) is 2.94. The van der Waals surface area contributed by atoms with Gasteiger partial charge in [-0.2, -0.15) is 0 Å². The summed E-state index contributed by atoms with van der Waals surface area (Å²) >= 11 is 0. The number of aromatic nitrogens is 1. The fourth-order valence-corrected chi connectivity index (χ4v) is 3.76. The lowest BCUT2D eigenvalue weighted by atomic mass is 9.87. The lowest BCUT2D eigenvalue weighted by molar-refractivity contribution is -0.121. The van der Waals surface area contributed by atoms with Crippen LogP contribution < -0.4 is 5.32 Å². The highest BCUT2D eigenvalue weighted by atomic mass is 16.1. The number of carbonyl (C=O) groups excluding carboxylic acids is 1. The molecule has 2 aromatic carbocycles. The van der Waals surface area contributed by atoms with Gasteiger partial charge in [-0.25, -0.2) is 0 Å². The molecule has 2 N–H and O–H groups in total. The summed E-state index contributed by atoms with van der Waals surface area (Å²) in [6, 6.07) is 16.9. The SMILES string of the molecule is O=C(CCc1c[nH]c2ccccc12)N[C@H]1CCCc2ccccc21. The van der Waals surface area contributed by atoms with Crippen LogP contribution in [0.15, 0.2) is 54.7 Å². The maximum absolute atomic E-state index is 12.4. The standard InChI is InChI=1S/C21H22N2O/c24-21(13-12-16-14-22-19-10-4-3-9-18(16)19)23-20-11-5-7-15-6-1-2-8-17(15)20/h1-4,6,8-10,14,20,22H,5,7,11-13H2,(H,23,24)/t20-/m0/s1. The van der Waals surface area contributed by atoms with Gasteiger partial charge in [-0.3, -0.25) is 4.79 Å². The molecule has 1 amide bonds. The molecule has 0 saturated carbocycles. The molecule has 0 spiro atoms. The predicted molar refractivity (Wildman–Crippen MR) is 96.9 cm³/mol. The van der Waals surface area contributed by atoms with Crippen LogP contribution in [0.4, 0.5) is 0 Å². The fraction of sp³-hybridized carbons (Fsp3) is 0.286. The summed E-state index contributed by atoms with van der Waals surface area (Å²) in [5.41, 5.74) is 5.02. The number of nitrogens with one attached hydrogen (secondary N) is 2. The first-order chi connectivity index (χ1) is 11.8. The van der Waals surface area contributed by atoms with E-state index in [4.69, 9.17) is 0 Å². The van der Waals surface area contributed by atoms with Crippen LogP contribution >= 0.6 is 0 Å². The topological polar surface area (TPSA) is 44.9 Å². The van der Waals surface area contributed by atoms with Crippen LogP contribution in [0.3, 0.4) is 0 Å². The number of H-pyrrole nitrogens is 1. The van der Waals surface area contributed by atoms with Crippen LogP contribution in [-0.2, 0) is 17.6 Å². The van der Waals surface area contributed by atoms with Crippen molar-refractivity contribution in [2.45, 2.75) is 38.1 Å². The normalized spacial score (nSPS) is 16.8. The first-order valence-corrected chi connectivity index (χ1v) is 8.73. The molecule has 1 aliphatic rings. The molecule has 24 heavy (non-hydrogen) atoms. The van der Waals surface area contributed by atoms with E-state index in [-0.39, 0.29) is 11.9 Å². The summed E-state index contributed by atoms with van der Waals surface area (Å²) in [6.07, 6.45) is 6.62. The number of para-hydroxylation sites is 1. The number of rotatable bonds is 4. The zero-order valence-corrected chi connectivity index (χ0v) is 13.7. The number of benzene rings is 2. The second-order valence-electron chi connectivity index (χ2n) is 6.57. The first-order valence-electron chi connectivity index (χ1n) is 8.73. The molecule has 3 heteroatoms. The maximum Gasteiger partial charge on any atom is 0.220 e. The van der Waals surface area contributed by atoms with E-state index < -0.39 is 0 Å². The molecule has 1 heterocycles. The number of hydrogen-bond donors (Lipinski definition) is 2. The molecule has 1 atom stereocenters. The molecule has 3 aromatic rings. The molecular formula is C21H22N2O. The Kier molecular flexibility index (Phi) is 4.08. The summed E-state index contributed by atoms with van der Waals surface area (Å²) in [5.74, 6) is 0.141. The van der Waals surface area contributed by atoms with Gasteiger partial charge in [-0.15, -0.1) is 0 Å². The van der Waals surface area contributed by atoms with Crippen molar-refractivity contribution in [2.75, 3.05) is 0 Å². The average molecular weight is 318 g/mol. The smallest absolute Gasteiger partial charge is 0.220 e. The van der Waals surface area contributed by atoms with Gasteiger partial charge in [0.1, 0.15) is 0 Å². The minimum absolute atomic E-state index is 0.141. The summed E-state index contributed by atoms with van der Waals surface area (Å²) in [5, 5.41) is 4.45. The molecule has 1 aliphatic carbocycles. The first kappa shape index (κ1) is 15.0. The predicted octanol–water partition coefficient (Wildman–Crippen LogP) is 4.29. The van der Waals surface area contributed by atoms with Crippen LogP contribution in [0.25, 0.3) is 10.9 Å². The second-order valence-corrected chi connectivity index (χ2v) is 6.57. The largest absolute Gasteiger partial charge is 0.361 e. The van der Waals surface area contributed by atoms with E-state index in [0.29, 0.717) is 6.42 Å². The van der Waals surface area contributed by atoms with Gasteiger partial charge in [0.25, 0.3) is 0 Å². The molecule has 0 saturated heterocycles. The van der Waals surface area contributed by atoms with Crippen LogP contribution in [0.1, 0.15) is 42.0 Å². The van der Waals surface area contributed by atoms with E-state index in [0.717, 1.165) is 31.2 Å². The van der Waals surface area contributed by atoms with Gasteiger partial charge >= 0.3 is 0 Å². The third-order valence-corrected chi connectivity index (χ3v) is 5.00. The van der Waals surface area contributed by atoms with Crippen LogP contribution in [0.5, 0.6) is 0 Å². The number of aryl methyl sites for hydroxylation is 2. The summed E-state index contributed by atoms with van der Waals surface area (Å²) in [4.78, 5) is 15.7. The molecule has 0 aliphatic heterocycles. The van der Waals surface area contributed by atoms with E-state index >= 15 is 0 Å². The van der Waals surface area contributed by atoms with Crippen molar-refractivity contribution in [2.24, 2.45) is 0 Å². The van der Waals surface area contributed by atoms with Crippen molar-refractivity contribution in [1.29, 1.82) is 0 Å². The Balaban J connectivity index is 1.41. The highest BCUT2D eigenvalue weighted by Gasteiger charge is 2.21. The quantitative estimate of drug-likeness (QED) is 0.740. The Hall–Kier alpha value is -2.55. The Morgan fingerprint density at radius 3 is 2.92 bits per heavy atom. The lowest BCUT2D eigenvalue weighted by Gasteiger charge is -2.26. The molecule has 122 valence electrons. The van der Waals surface area contributed by atoms with Crippen molar-refractivity contribution < 1.29 is 4.79 Å². The van der Waals surface area contributed by atoms with Gasteiger partial charge in [0.05, 0.1) is 6.04 Å². The van der Waals surface area contributed by atoms with Crippen LogP contribution in [0.2, 0.25) is 0 Å². The van der Waals surface area contributed by atoms with Crippen LogP contribution in [-0.4, -0.2) is 10.9 Å². The van der Waals surface area contributed by atoms with Gasteiger partial charge in [0, 0.05) is 23.5 Å². The van der Waals surface area contributed by atoms with Crippen LogP contribution in [0, 0.1) is 0 Å². The maximum atomic E-state index is 12.4. The molecular weight excluding hydrogens is 296 g/mol. The molecule has 1 aromatic heterocycles. The lowest BCUT2D eigenvalue weighted by Crippen LogP contribution is -2.31. The third-order valence-electron chi connectivity index (χ3n) is 5.00. The molecule has 0 radical (unpaired) electrons. The van der Waals surface area contributed by atoms with Gasteiger partial charge in [-0.1, -0.05) is 42.5 Å². The molecule has 4 rings (SSSR count). The Morgan fingerprint density at radius 2 is 1.96 bits per heavy atom. The van der Waals surface area contributed by atoms with E-state index in [1.807, 2.05) is 18.3 Å². The number of carbonyl (C=O) groups is 1. The Bertz CT molecular complexity index is 865. The molecule has 0 bridgehead atoms. The molecule has 0 unspecified atom stereocenters. The molecule has 0 fully saturated rings. The zero-order chi connectivity index (χ0) is 16.4. The summed E-state index contributed by atoms with van der Waals surface area (Å²) in [6.45, 7) is 0. The van der Waals surface area contributed by atoms with E-state index in [2.05, 4.69) is 46.7 Å². The van der Waals surface area contributed by atoms with E-state index in [9.17, 15) is 4.79 Å². The van der Waals surface area contributed by atoms with Gasteiger partial charge in [0.15, 0.2) is 0 Å². The average Bonchev–Trinajstić information content (AvgIpc) is 3.04. The number of aromatic amines is 1. The number of amides is 1. The summed E-state index contributed by atoms with van der Waals surface area (Å²) < 4.78 is 0. The highest BCUT2D eigenvalue weighted by molar-refractivity contribution is 5.84. The number of fused-ring (bicyclic) bond motifs is 2. The van der Waals surface area contributed by atoms with Crippen molar-refractivity contribution in [3.8, 4) is 0 Å². The van der Waals surface area contributed by atoms with Gasteiger partial charge < -0.3 is 10.3 Å². The second kappa shape index (κ2) is 6.52. The minimum atomic E-state index is 0.141. The fourth-order valence-electron chi connectivity index (χ4n) is 3.76. The van der Waals surface area contributed by atoms with Crippen molar-refractivity contribution in [3.63, 3.8) is 0 Å².